The molecule has 0 aliphatic carbocycles. The molecule has 0 saturated carbocycles. The van der Waals surface area contributed by atoms with E-state index in [1.165, 1.54) is 17.0 Å². The maximum Gasteiger partial charge on any atom is 0.266 e. The Kier molecular flexibility index (Phi) is 6.01. The molecular weight excluding hydrogens is 466 g/mol. The third-order valence-electron chi connectivity index (χ3n) is 6.12. The Labute approximate surface area is 214 Å². The first kappa shape index (κ1) is 23.9. The highest BCUT2D eigenvalue weighted by Crippen LogP contribution is 2.31. The van der Waals surface area contributed by atoms with E-state index >= 15 is 0 Å². The van der Waals surface area contributed by atoms with Crippen molar-refractivity contribution in [1.29, 1.82) is 0 Å². The summed E-state index contributed by atoms with van der Waals surface area (Å²) in [6, 6.07) is 19.1. The van der Waals surface area contributed by atoms with Crippen molar-refractivity contribution in [3.63, 3.8) is 0 Å². The first-order valence-electron chi connectivity index (χ1n) is 11.8. The van der Waals surface area contributed by atoms with E-state index in [1.54, 1.807) is 24.3 Å². The lowest BCUT2D eigenvalue weighted by molar-refractivity contribution is 0.0925. The van der Waals surface area contributed by atoms with Crippen LogP contribution in [0.2, 0.25) is 0 Å². The molecule has 1 aromatic heterocycles. The predicted molar refractivity (Wildman–Crippen MR) is 143 cm³/mol. The van der Waals surface area contributed by atoms with Gasteiger partial charge in [-0.15, -0.1) is 0 Å². The van der Waals surface area contributed by atoms with Gasteiger partial charge in [-0.25, -0.2) is 14.9 Å². The number of imide groups is 1. The van der Waals surface area contributed by atoms with Crippen molar-refractivity contribution in [2.75, 3.05) is 15.5 Å². The molecule has 4 aromatic rings. The molecule has 0 bridgehead atoms. The second-order valence-corrected chi connectivity index (χ2v) is 9.13. The fraction of sp³-hybridized carbons (Fsp3) is 0.138. The Hall–Kier alpha value is -4.85. The number of hydrogen-bond acceptors (Lipinski definition) is 6. The van der Waals surface area contributed by atoms with E-state index < -0.39 is 11.8 Å². The number of anilines is 4. The normalized spacial score (nSPS) is 12.5. The van der Waals surface area contributed by atoms with Gasteiger partial charge in [0, 0.05) is 28.3 Å². The van der Waals surface area contributed by atoms with Crippen LogP contribution in [0.3, 0.4) is 0 Å². The van der Waals surface area contributed by atoms with Crippen LogP contribution in [0.25, 0.3) is 0 Å². The number of carbonyl (C=O) groups excluding carboxylic acids is 3. The molecule has 5 rings (SSSR count). The summed E-state index contributed by atoms with van der Waals surface area (Å²) in [5.41, 5.74) is 6.28. The zero-order valence-electron chi connectivity index (χ0n) is 20.9. The number of aromatic nitrogens is 2. The van der Waals surface area contributed by atoms with Crippen LogP contribution < -0.4 is 15.5 Å². The average molecular weight is 492 g/mol. The van der Waals surface area contributed by atoms with E-state index in [9.17, 15) is 14.4 Å². The van der Waals surface area contributed by atoms with Gasteiger partial charge in [-0.1, -0.05) is 17.7 Å². The molecule has 1 aliphatic rings. The minimum Gasteiger partial charge on any atom is -0.324 e. The van der Waals surface area contributed by atoms with E-state index in [0.29, 0.717) is 17.3 Å². The number of hydrogen-bond donors (Lipinski definition) is 2. The van der Waals surface area contributed by atoms with Gasteiger partial charge in [0.15, 0.2) is 0 Å². The lowest BCUT2D eigenvalue weighted by Crippen LogP contribution is -2.30. The van der Waals surface area contributed by atoms with E-state index in [2.05, 4.69) is 20.6 Å². The Morgan fingerprint density at radius 2 is 1.38 bits per heavy atom. The number of aryl methyl sites for hydroxylation is 4. The number of benzene rings is 3. The van der Waals surface area contributed by atoms with Crippen LogP contribution in [-0.2, 0) is 0 Å². The largest absolute Gasteiger partial charge is 0.324 e. The number of nitrogens with zero attached hydrogens (tertiary/aromatic N) is 3. The topological polar surface area (TPSA) is 104 Å². The van der Waals surface area contributed by atoms with E-state index in [-0.39, 0.29) is 22.6 Å². The van der Waals surface area contributed by atoms with Crippen molar-refractivity contribution in [3.8, 4) is 0 Å². The Balaban J connectivity index is 1.31. The van der Waals surface area contributed by atoms with Crippen LogP contribution >= 0.6 is 0 Å². The highest BCUT2D eigenvalue weighted by atomic mass is 16.2. The molecule has 0 radical (unpaired) electrons. The van der Waals surface area contributed by atoms with E-state index in [1.807, 2.05) is 58.0 Å². The van der Waals surface area contributed by atoms with Crippen LogP contribution in [0.15, 0.2) is 66.7 Å². The third kappa shape index (κ3) is 4.69. The summed E-state index contributed by atoms with van der Waals surface area (Å²) < 4.78 is 0. The van der Waals surface area contributed by atoms with Crippen molar-refractivity contribution in [2.45, 2.75) is 27.7 Å². The second kappa shape index (κ2) is 9.31. The fourth-order valence-corrected chi connectivity index (χ4v) is 4.41. The lowest BCUT2D eigenvalue weighted by atomic mass is 10.1. The van der Waals surface area contributed by atoms with Gasteiger partial charge in [0.05, 0.1) is 16.8 Å². The Bertz CT molecular complexity index is 1560. The van der Waals surface area contributed by atoms with Crippen molar-refractivity contribution in [1.82, 2.24) is 9.97 Å². The van der Waals surface area contributed by atoms with E-state index in [4.69, 9.17) is 0 Å². The predicted octanol–water partition coefficient (Wildman–Crippen LogP) is 5.51. The van der Waals surface area contributed by atoms with Crippen molar-refractivity contribution >= 4 is 40.7 Å². The first-order chi connectivity index (χ1) is 17.7. The maximum atomic E-state index is 13.2. The third-order valence-corrected chi connectivity index (χ3v) is 6.12. The first-order valence-corrected chi connectivity index (χ1v) is 11.8. The van der Waals surface area contributed by atoms with Gasteiger partial charge >= 0.3 is 0 Å². The average Bonchev–Trinajstić information content (AvgIpc) is 3.09. The fourth-order valence-electron chi connectivity index (χ4n) is 4.41. The van der Waals surface area contributed by atoms with Crippen LogP contribution in [0, 0.1) is 27.7 Å². The minimum absolute atomic E-state index is 0.214. The molecule has 37 heavy (non-hydrogen) atoms. The molecule has 8 heteroatoms. The van der Waals surface area contributed by atoms with Crippen molar-refractivity contribution < 1.29 is 14.4 Å². The smallest absolute Gasteiger partial charge is 0.266 e. The summed E-state index contributed by atoms with van der Waals surface area (Å²) in [7, 11) is 0. The molecule has 2 N–H and O–H groups in total. The molecule has 0 atom stereocenters. The summed E-state index contributed by atoms with van der Waals surface area (Å²) in [4.78, 5) is 49.0. The highest BCUT2D eigenvalue weighted by Gasteiger charge is 2.37. The van der Waals surface area contributed by atoms with Gasteiger partial charge in [-0.3, -0.25) is 14.4 Å². The Morgan fingerprint density at radius 1 is 0.730 bits per heavy atom. The summed E-state index contributed by atoms with van der Waals surface area (Å²) in [5, 5.41) is 5.99. The molecule has 1 aliphatic heterocycles. The van der Waals surface area contributed by atoms with Gasteiger partial charge < -0.3 is 10.6 Å². The second-order valence-electron chi connectivity index (χ2n) is 9.13. The zero-order chi connectivity index (χ0) is 26.3. The van der Waals surface area contributed by atoms with Gasteiger partial charge in [-0.05, 0) is 87.9 Å². The van der Waals surface area contributed by atoms with Crippen LogP contribution in [0.5, 0.6) is 0 Å². The number of rotatable bonds is 5. The summed E-state index contributed by atoms with van der Waals surface area (Å²) in [6.07, 6.45) is 0. The molecule has 3 aromatic carbocycles. The van der Waals surface area contributed by atoms with Gasteiger partial charge in [0.25, 0.3) is 17.7 Å². The molecule has 0 fully saturated rings. The number of carbonyl (C=O) groups is 3. The van der Waals surface area contributed by atoms with Gasteiger partial charge in [-0.2, -0.15) is 0 Å². The lowest BCUT2D eigenvalue weighted by Gasteiger charge is -2.16. The van der Waals surface area contributed by atoms with Gasteiger partial charge in [0.2, 0.25) is 5.95 Å². The van der Waals surface area contributed by atoms with Gasteiger partial charge in [0.1, 0.15) is 0 Å². The molecule has 0 spiro atoms. The monoisotopic (exact) mass is 491 g/mol. The number of fused-ring (bicyclic) bond motifs is 1. The molecular formula is C29H25N5O3. The molecule has 0 unspecified atom stereocenters. The quantitative estimate of drug-likeness (QED) is 0.357. The zero-order valence-corrected chi connectivity index (χ0v) is 20.9. The van der Waals surface area contributed by atoms with E-state index in [0.717, 1.165) is 28.2 Å². The van der Waals surface area contributed by atoms with Crippen LogP contribution in [0.1, 0.15) is 53.6 Å². The molecule has 0 saturated heterocycles. The SMILES string of the molecule is Cc1ccc(N2C(=O)c3ccc(C(=O)Nc4ccc(Nc5nc(C)cc(C)n5)cc4)cc3C2=O)c(C)c1. The maximum absolute atomic E-state index is 13.2. The summed E-state index contributed by atoms with van der Waals surface area (Å²) in [6.45, 7) is 7.62. The molecule has 184 valence electrons. The van der Waals surface area contributed by atoms with Crippen molar-refractivity contribution in [2.24, 2.45) is 0 Å². The van der Waals surface area contributed by atoms with Crippen LogP contribution in [-0.4, -0.2) is 27.7 Å². The molecule has 3 amide bonds. The minimum atomic E-state index is -0.439. The molecule has 2 heterocycles. The summed E-state index contributed by atoms with van der Waals surface area (Å²) >= 11 is 0. The highest BCUT2D eigenvalue weighted by molar-refractivity contribution is 6.35. The summed E-state index contributed by atoms with van der Waals surface area (Å²) in [5.74, 6) is -0.715. The Morgan fingerprint density at radius 3 is 2.05 bits per heavy atom. The molecule has 8 nitrogen and oxygen atoms in total. The van der Waals surface area contributed by atoms with Crippen molar-refractivity contribution in [3.05, 3.63) is 106 Å². The van der Waals surface area contributed by atoms with Crippen LogP contribution in [0.4, 0.5) is 23.0 Å². The number of amides is 3. The standard InChI is InChI=1S/C29H25N5O3/c1-16-5-12-25(17(2)13-16)34-27(36)23-11-6-20(15-24(23)28(34)37)26(35)32-21-7-9-22(10-8-21)33-29-30-18(3)14-19(4)31-29/h5-15H,1-4H3,(H,32,35)(H,30,31,33). The number of nitrogens with one attached hydrogen (secondary N) is 2.